The Morgan fingerprint density at radius 3 is 2.94 bits per heavy atom. The van der Waals surface area contributed by atoms with E-state index in [0.717, 1.165) is 0 Å². The van der Waals surface area contributed by atoms with Gasteiger partial charge in [-0.25, -0.2) is 4.39 Å². The number of nitrogens with zero attached hydrogens (tertiary/aromatic N) is 1. The quantitative estimate of drug-likeness (QED) is 0.793. The zero-order valence-electron chi connectivity index (χ0n) is 9.53. The molecule has 1 aromatic rings. The first-order chi connectivity index (χ1) is 8.50. The number of halogens is 2. The minimum absolute atomic E-state index is 0.212. The van der Waals surface area contributed by atoms with Crippen LogP contribution in [0.4, 0.5) is 15.8 Å². The van der Waals surface area contributed by atoms with Gasteiger partial charge in [0.2, 0.25) is 5.91 Å². The van der Waals surface area contributed by atoms with Gasteiger partial charge < -0.3 is 21.1 Å². The molecule has 0 saturated carbocycles. The van der Waals surface area contributed by atoms with Crippen LogP contribution < -0.4 is 16.4 Å². The standard InChI is InChI=1S/C11H13BrFN3O2/c12-6-3-9(8(14)4-7(6)13)16-1-2-18-5-10(16)11(15)17/h3-4,10H,1-2,5,14H2,(H2,15,17). The van der Waals surface area contributed by atoms with Crippen molar-refractivity contribution in [2.45, 2.75) is 6.04 Å². The minimum atomic E-state index is -0.585. The lowest BCUT2D eigenvalue weighted by molar-refractivity contribution is -0.121. The van der Waals surface area contributed by atoms with Crippen LogP contribution in [0.5, 0.6) is 0 Å². The highest BCUT2D eigenvalue weighted by atomic mass is 79.9. The van der Waals surface area contributed by atoms with Crippen molar-refractivity contribution in [3.05, 3.63) is 22.4 Å². The van der Waals surface area contributed by atoms with E-state index >= 15 is 0 Å². The molecule has 98 valence electrons. The molecule has 0 spiro atoms. The smallest absolute Gasteiger partial charge is 0.242 e. The van der Waals surface area contributed by atoms with Gasteiger partial charge in [-0.3, -0.25) is 4.79 Å². The normalized spacial score (nSPS) is 19.9. The van der Waals surface area contributed by atoms with E-state index in [9.17, 15) is 9.18 Å². The average molecular weight is 318 g/mol. The van der Waals surface area contributed by atoms with Crippen molar-refractivity contribution in [3.8, 4) is 0 Å². The molecular weight excluding hydrogens is 305 g/mol. The molecule has 1 atom stereocenters. The molecule has 1 aliphatic heterocycles. The van der Waals surface area contributed by atoms with Crippen LogP contribution in [0.15, 0.2) is 16.6 Å². The molecule has 4 N–H and O–H groups in total. The number of amides is 1. The number of carbonyl (C=O) groups excluding carboxylic acids is 1. The van der Waals surface area contributed by atoms with Crippen LogP contribution >= 0.6 is 15.9 Å². The fourth-order valence-corrected chi connectivity index (χ4v) is 2.26. The second kappa shape index (κ2) is 5.11. The third-order valence-electron chi connectivity index (χ3n) is 2.84. The average Bonchev–Trinajstić information content (AvgIpc) is 2.34. The number of anilines is 2. The highest BCUT2D eigenvalue weighted by Crippen LogP contribution is 2.31. The fraction of sp³-hybridized carbons (Fsp3) is 0.364. The van der Waals surface area contributed by atoms with Crippen molar-refractivity contribution in [2.75, 3.05) is 30.4 Å². The molecule has 0 radical (unpaired) electrons. The van der Waals surface area contributed by atoms with Crippen LogP contribution in [0.3, 0.4) is 0 Å². The molecule has 1 saturated heterocycles. The first kappa shape index (κ1) is 13.1. The summed E-state index contributed by atoms with van der Waals surface area (Å²) >= 11 is 3.10. The molecule has 1 aliphatic rings. The van der Waals surface area contributed by atoms with Crippen LogP contribution in [-0.4, -0.2) is 31.7 Å². The van der Waals surface area contributed by atoms with Crippen molar-refractivity contribution in [3.63, 3.8) is 0 Å². The van der Waals surface area contributed by atoms with E-state index in [1.807, 2.05) is 0 Å². The molecular formula is C11H13BrFN3O2. The van der Waals surface area contributed by atoms with Gasteiger partial charge in [-0.15, -0.1) is 0 Å². The van der Waals surface area contributed by atoms with Crippen LogP contribution in [0.25, 0.3) is 0 Å². The van der Waals surface area contributed by atoms with Gasteiger partial charge in [0.05, 0.1) is 29.1 Å². The summed E-state index contributed by atoms with van der Waals surface area (Å²) in [6, 6.07) is 2.18. The Morgan fingerprint density at radius 2 is 2.28 bits per heavy atom. The number of rotatable bonds is 2. The van der Waals surface area contributed by atoms with Crippen molar-refractivity contribution in [1.29, 1.82) is 0 Å². The number of primary amides is 1. The number of benzene rings is 1. The van der Waals surface area contributed by atoms with Gasteiger partial charge in [0.1, 0.15) is 11.9 Å². The summed E-state index contributed by atoms with van der Waals surface area (Å²) in [5, 5.41) is 0. The Kier molecular flexibility index (Phi) is 3.72. The molecule has 1 fully saturated rings. The van der Waals surface area contributed by atoms with Gasteiger partial charge in [0.15, 0.2) is 0 Å². The number of carbonyl (C=O) groups is 1. The summed E-state index contributed by atoms with van der Waals surface area (Å²) in [5.41, 5.74) is 12.0. The highest BCUT2D eigenvalue weighted by Gasteiger charge is 2.29. The molecule has 0 aliphatic carbocycles. The van der Waals surface area contributed by atoms with Crippen LogP contribution in [0.2, 0.25) is 0 Å². The Bertz CT molecular complexity index is 484. The van der Waals surface area contributed by atoms with Gasteiger partial charge in [0.25, 0.3) is 0 Å². The molecule has 0 aromatic heterocycles. The second-order valence-electron chi connectivity index (χ2n) is 4.01. The SMILES string of the molecule is NC(=O)C1COCCN1c1cc(Br)c(F)cc1N. The number of nitrogen functional groups attached to an aromatic ring is 1. The van der Waals surface area contributed by atoms with E-state index in [-0.39, 0.29) is 12.3 Å². The van der Waals surface area contributed by atoms with E-state index in [1.54, 1.807) is 11.0 Å². The molecule has 1 heterocycles. The maximum atomic E-state index is 13.3. The van der Waals surface area contributed by atoms with E-state index in [2.05, 4.69) is 15.9 Å². The van der Waals surface area contributed by atoms with E-state index in [4.69, 9.17) is 16.2 Å². The fourth-order valence-electron chi connectivity index (χ4n) is 1.93. The molecule has 1 aromatic carbocycles. The zero-order valence-corrected chi connectivity index (χ0v) is 11.1. The number of hydrogen-bond acceptors (Lipinski definition) is 4. The Labute approximate surface area is 112 Å². The molecule has 2 rings (SSSR count). The second-order valence-corrected chi connectivity index (χ2v) is 4.87. The molecule has 1 amide bonds. The largest absolute Gasteiger partial charge is 0.397 e. The van der Waals surface area contributed by atoms with Gasteiger partial charge >= 0.3 is 0 Å². The summed E-state index contributed by atoms with van der Waals surface area (Å²) in [6.07, 6.45) is 0. The summed E-state index contributed by atoms with van der Waals surface area (Å²) in [4.78, 5) is 13.1. The van der Waals surface area contributed by atoms with Gasteiger partial charge in [-0.05, 0) is 22.0 Å². The number of nitrogens with two attached hydrogens (primary N) is 2. The molecule has 18 heavy (non-hydrogen) atoms. The summed E-state index contributed by atoms with van der Waals surface area (Å²) in [6.45, 7) is 1.16. The van der Waals surface area contributed by atoms with Crippen LogP contribution in [0.1, 0.15) is 0 Å². The monoisotopic (exact) mass is 317 g/mol. The van der Waals surface area contributed by atoms with Crippen molar-refractivity contribution in [1.82, 2.24) is 0 Å². The van der Waals surface area contributed by atoms with E-state index < -0.39 is 17.8 Å². The maximum Gasteiger partial charge on any atom is 0.242 e. The number of hydrogen-bond donors (Lipinski definition) is 2. The Balaban J connectivity index is 2.39. The first-order valence-electron chi connectivity index (χ1n) is 5.39. The molecule has 0 bridgehead atoms. The molecule has 7 heteroatoms. The molecule has 5 nitrogen and oxygen atoms in total. The van der Waals surface area contributed by atoms with Crippen molar-refractivity contribution < 1.29 is 13.9 Å². The van der Waals surface area contributed by atoms with Gasteiger partial charge in [0, 0.05) is 12.6 Å². The van der Waals surface area contributed by atoms with Crippen molar-refractivity contribution >= 4 is 33.2 Å². The topological polar surface area (TPSA) is 81.6 Å². The Hall–Kier alpha value is -1.34. The number of ether oxygens (including phenoxy) is 1. The highest BCUT2D eigenvalue weighted by molar-refractivity contribution is 9.10. The summed E-state index contributed by atoms with van der Waals surface area (Å²) in [5.74, 6) is -0.935. The lowest BCUT2D eigenvalue weighted by atomic mass is 10.1. The first-order valence-corrected chi connectivity index (χ1v) is 6.18. The summed E-state index contributed by atoms with van der Waals surface area (Å²) in [7, 11) is 0. The predicted octanol–water partition coefficient (Wildman–Crippen LogP) is 0.861. The van der Waals surface area contributed by atoms with E-state index in [1.165, 1.54) is 6.07 Å². The van der Waals surface area contributed by atoms with Gasteiger partial charge in [-0.1, -0.05) is 0 Å². The zero-order chi connectivity index (χ0) is 13.3. The minimum Gasteiger partial charge on any atom is -0.397 e. The maximum absolute atomic E-state index is 13.3. The van der Waals surface area contributed by atoms with Crippen molar-refractivity contribution in [2.24, 2.45) is 5.73 Å². The molecule has 1 unspecified atom stereocenters. The predicted molar refractivity (Wildman–Crippen MR) is 69.7 cm³/mol. The lowest BCUT2D eigenvalue weighted by Gasteiger charge is -2.36. The Morgan fingerprint density at radius 1 is 1.56 bits per heavy atom. The van der Waals surface area contributed by atoms with Crippen LogP contribution in [-0.2, 0) is 9.53 Å². The van der Waals surface area contributed by atoms with Crippen LogP contribution in [0, 0.1) is 5.82 Å². The summed E-state index contributed by atoms with van der Waals surface area (Å²) < 4.78 is 18.8. The third-order valence-corrected chi connectivity index (χ3v) is 3.44. The number of morpholine rings is 1. The lowest BCUT2D eigenvalue weighted by Crippen LogP contribution is -2.52. The van der Waals surface area contributed by atoms with E-state index in [0.29, 0.717) is 23.3 Å². The van der Waals surface area contributed by atoms with Gasteiger partial charge in [-0.2, -0.15) is 0 Å². The third kappa shape index (κ3) is 2.41.